The SMILES string of the molecule is CN1CCN(C(=O)C(CSc2nccn2C)C(=O)N2CCN(C)CC2)CC1. The van der Waals surface area contributed by atoms with Crippen LogP contribution in [0, 0.1) is 5.92 Å². The molecule has 0 unspecified atom stereocenters. The van der Waals surface area contributed by atoms with Gasteiger partial charge < -0.3 is 24.2 Å². The summed E-state index contributed by atoms with van der Waals surface area (Å²) in [4.78, 5) is 38.9. The Morgan fingerprint density at radius 3 is 1.81 bits per heavy atom. The molecule has 3 heterocycles. The highest BCUT2D eigenvalue weighted by atomic mass is 32.2. The molecule has 2 amide bonds. The average molecular weight is 395 g/mol. The van der Waals surface area contributed by atoms with Gasteiger partial charge in [-0.15, -0.1) is 0 Å². The van der Waals surface area contributed by atoms with Crippen molar-refractivity contribution in [3.05, 3.63) is 12.4 Å². The number of nitrogens with zero attached hydrogens (tertiary/aromatic N) is 6. The number of hydrogen-bond acceptors (Lipinski definition) is 6. The number of aromatic nitrogens is 2. The molecule has 0 spiro atoms. The third-order valence-electron chi connectivity index (χ3n) is 5.38. The zero-order valence-electron chi connectivity index (χ0n) is 16.5. The van der Waals surface area contributed by atoms with E-state index in [0.29, 0.717) is 31.9 Å². The van der Waals surface area contributed by atoms with Crippen molar-refractivity contribution >= 4 is 23.6 Å². The van der Waals surface area contributed by atoms with Gasteiger partial charge in [0.2, 0.25) is 11.8 Å². The van der Waals surface area contributed by atoms with Crippen molar-refractivity contribution < 1.29 is 9.59 Å². The van der Waals surface area contributed by atoms with E-state index in [4.69, 9.17) is 0 Å². The second kappa shape index (κ2) is 9.07. The maximum atomic E-state index is 13.2. The maximum absolute atomic E-state index is 13.2. The van der Waals surface area contributed by atoms with Crippen LogP contribution in [0.2, 0.25) is 0 Å². The van der Waals surface area contributed by atoms with Crippen LogP contribution in [0.25, 0.3) is 0 Å². The van der Waals surface area contributed by atoms with E-state index in [1.165, 1.54) is 11.8 Å². The fraction of sp³-hybridized carbons (Fsp3) is 0.722. The molecular formula is C18H30N6O2S. The standard InChI is InChI=1S/C18H30N6O2S/c1-20-6-10-23(11-7-20)16(25)15(14-27-18-19-4-5-22(18)3)17(26)24-12-8-21(2)9-13-24/h4-5,15H,6-14H2,1-3H3. The molecule has 2 fully saturated rings. The Morgan fingerprint density at radius 1 is 0.926 bits per heavy atom. The van der Waals surface area contributed by atoms with Gasteiger partial charge in [-0.2, -0.15) is 0 Å². The third kappa shape index (κ3) is 5.03. The minimum absolute atomic E-state index is 0.0336. The van der Waals surface area contributed by atoms with Crippen LogP contribution in [0.1, 0.15) is 0 Å². The van der Waals surface area contributed by atoms with Gasteiger partial charge in [-0.05, 0) is 14.1 Å². The van der Waals surface area contributed by atoms with Gasteiger partial charge in [0, 0.05) is 77.6 Å². The highest BCUT2D eigenvalue weighted by Crippen LogP contribution is 2.22. The van der Waals surface area contributed by atoms with Crippen LogP contribution in [0.5, 0.6) is 0 Å². The number of likely N-dealkylation sites (N-methyl/N-ethyl adjacent to an activating group) is 2. The summed E-state index contributed by atoms with van der Waals surface area (Å²) in [6.07, 6.45) is 3.61. The second-order valence-electron chi connectivity index (χ2n) is 7.44. The lowest BCUT2D eigenvalue weighted by Crippen LogP contribution is -2.55. The van der Waals surface area contributed by atoms with Gasteiger partial charge in [-0.1, -0.05) is 11.8 Å². The molecule has 9 heteroatoms. The summed E-state index contributed by atoms with van der Waals surface area (Å²) < 4.78 is 1.92. The summed E-state index contributed by atoms with van der Waals surface area (Å²) in [6, 6.07) is 0. The fourth-order valence-corrected chi connectivity index (χ4v) is 4.39. The number of carbonyl (C=O) groups excluding carboxylic acids is 2. The molecular weight excluding hydrogens is 364 g/mol. The minimum Gasteiger partial charge on any atom is -0.339 e. The number of aryl methyl sites for hydroxylation is 1. The molecule has 8 nitrogen and oxygen atoms in total. The van der Waals surface area contributed by atoms with E-state index in [9.17, 15) is 9.59 Å². The number of thioether (sulfide) groups is 1. The van der Waals surface area contributed by atoms with Crippen LogP contribution >= 0.6 is 11.8 Å². The molecule has 27 heavy (non-hydrogen) atoms. The van der Waals surface area contributed by atoms with Gasteiger partial charge >= 0.3 is 0 Å². The van der Waals surface area contributed by atoms with Gasteiger partial charge in [0.15, 0.2) is 5.16 Å². The number of amides is 2. The Morgan fingerprint density at radius 2 is 1.41 bits per heavy atom. The lowest BCUT2D eigenvalue weighted by atomic mass is 10.1. The number of carbonyl (C=O) groups is 2. The Labute approximate surface area is 165 Å². The van der Waals surface area contributed by atoms with Crippen molar-refractivity contribution in [1.29, 1.82) is 0 Å². The number of rotatable bonds is 5. The second-order valence-corrected chi connectivity index (χ2v) is 8.43. The highest BCUT2D eigenvalue weighted by molar-refractivity contribution is 7.99. The molecule has 1 aromatic rings. The van der Waals surface area contributed by atoms with E-state index in [-0.39, 0.29) is 11.8 Å². The molecule has 2 saturated heterocycles. The van der Waals surface area contributed by atoms with Crippen LogP contribution < -0.4 is 0 Å². The monoisotopic (exact) mass is 394 g/mol. The van der Waals surface area contributed by atoms with Gasteiger partial charge in [0.25, 0.3) is 0 Å². The molecule has 0 bridgehead atoms. The molecule has 0 saturated carbocycles. The molecule has 1 aromatic heterocycles. The van der Waals surface area contributed by atoms with Crippen LogP contribution in [0.4, 0.5) is 0 Å². The Hall–Kier alpha value is -1.58. The van der Waals surface area contributed by atoms with Crippen LogP contribution in [-0.2, 0) is 16.6 Å². The first-order valence-corrected chi connectivity index (χ1v) is 10.5. The molecule has 0 N–H and O–H groups in total. The minimum atomic E-state index is -0.640. The first-order valence-electron chi connectivity index (χ1n) is 9.50. The first-order chi connectivity index (χ1) is 13.0. The molecule has 150 valence electrons. The van der Waals surface area contributed by atoms with Crippen LogP contribution in [-0.4, -0.2) is 113 Å². The van der Waals surface area contributed by atoms with Gasteiger partial charge in [-0.3, -0.25) is 9.59 Å². The quantitative estimate of drug-likeness (QED) is 0.504. The predicted octanol–water partition coefficient (Wildman–Crippen LogP) is -0.324. The molecule has 0 atom stereocenters. The van der Waals surface area contributed by atoms with Crippen molar-refractivity contribution in [2.24, 2.45) is 13.0 Å². The van der Waals surface area contributed by atoms with E-state index < -0.39 is 5.92 Å². The average Bonchev–Trinajstić information content (AvgIpc) is 3.07. The molecule has 0 radical (unpaired) electrons. The summed E-state index contributed by atoms with van der Waals surface area (Å²) in [5.74, 6) is -0.276. The van der Waals surface area contributed by atoms with Gasteiger partial charge in [-0.25, -0.2) is 4.98 Å². The van der Waals surface area contributed by atoms with E-state index >= 15 is 0 Å². The van der Waals surface area contributed by atoms with Crippen LogP contribution in [0.15, 0.2) is 17.6 Å². The largest absolute Gasteiger partial charge is 0.339 e. The first kappa shape index (κ1) is 20.2. The van der Waals surface area contributed by atoms with Crippen molar-refractivity contribution in [1.82, 2.24) is 29.2 Å². The fourth-order valence-electron chi connectivity index (χ4n) is 3.39. The topological polar surface area (TPSA) is 64.9 Å². The van der Waals surface area contributed by atoms with Crippen LogP contribution in [0.3, 0.4) is 0 Å². The maximum Gasteiger partial charge on any atom is 0.236 e. The van der Waals surface area contributed by atoms with Crippen molar-refractivity contribution in [3.8, 4) is 0 Å². The lowest BCUT2D eigenvalue weighted by molar-refractivity contribution is -0.148. The van der Waals surface area contributed by atoms with Crippen molar-refractivity contribution in [2.75, 3.05) is 72.2 Å². The van der Waals surface area contributed by atoms with Crippen molar-refractivity contribution in [3.63, 3.8) is 0 Å². The van der Waals surface area contributed by atoms with Crippen molar-refractivity contribution in [2.45, 2.75) is 5.16 Å². The molecule has 2 aliphatic rings. The van der Waals surface area contributed by atoms with E-state index in [1.807, 2.05) is 27.6 Å². The molecule has 2 aliphatic heterocycles. The lowest BCUT2D eigenvalue weighted by Gasteiger charge is -2.37. The summed E-state index contributed by atoms with van der Waals surface area (Å²) in [6.45, 7) is 6.18. The van der Waals surface area contributed by atoms with Gasteiger partial charge in [0.1, 0.15) is 5.92 Å². The smallest absolute Gasteiger partial charge is 0.236 e. The number of piperazine rings is 2. The molecule has 3 rings (SSSR count). The van der Waals surface area contributed by atoms with E-state index in [2.05, 4.69) is 28.9 Å². The summed E-state index contributed by atoms with van der Waals surface area (Å²) >= 11 is 1.48. The van der Waals surface area contributed by atoms with Gasteiger partial charge in [0.05, 0.1) is 0 Å². The molecule has 0 aromatic carbocycles. The van der Waals surface area contributed by atoms with E-state index in [1.54, 1.807) is 6.20 Å². The Balaban J connectivity index is 1.70. The zero-order chi connectivity index (χ0) is 19.4. The highest BCUT2D eigenvalue weighted by Gasteiger charge is 2.35. The Bertz CT molecular complexity index is 616. The van der Waals surface area contributed by atoms with E-state index in [0.717, 1.165) is 31.3 Å². The molecule has 0 aliphatic carbocycles. The zero-order valence-corrected chi connectivity index (χ0v) is 17.3. The number of hydrogen-bond donors (Lipinski definition) is 0. The number of imidazole rings is 1. The third-order valence-corrected chi connectivity index (χ3v) is 6.53. The summed E-state index contributed by atoms with van der Waals surface area (Å²) in [5.41, 5.74) is 0. The summed E-state index contributed by atoms with van der Waals surface area (Å²) in [7, 11) is 6.05. The predicted molar refractivity (Wildman–Crippen MR) is 106 cm³/mol. The Kier molecular flexibility index (Phi) is 6.78. The normalized spacial score (nSPS) is 19.7. The summed E-state index contributed by atoms with van der Waals surface area (Å²) in [5, 5.41) is 0.831.